The fourth-order valence-corrected chi connectivity index (χ4v) is 3.12. The summed E-state index contributed by atoms with van der Waals surface area (Å²) in [6, 6.07) is 0. The molecule has 0 aromatic carbocycles. The average Bonchev–Trinajstić information content (AvgIpc) is 3.13. The van der Waals surface area contributed by atoms with Crippen molar-refractivity contribution in [2.24, 2.45) is 0 Å². The van der Waals surface area contributed by atoms with E-state index in [9.17, 15) is 4.79 Å². The maximum Gasteiger partial charge on any atom is 0.224 e. The normalized spacial score (nSPS) is 14.8. The molecule has 0 saturated carbocycles. The fourth-order valence-electron chi connectivity index (χ4n) is 3.12. The summed E-state index contributed by atoms with van der Waals surface area (Å²) in [6.07, 6.45) is 22.3. The average molecular weight is 338 g/mol. The Kier molecular flexibility index (Phi) is 13.9. The highest BCUT2D eigenvalue weighted by Gasteiger charge is 2.17. The second kappa shape index (κ2) is 15.7. The van der Waals surface area contributed by atoms with Crippen molar-refractivity contribution in [3.8, 4) is 0 Å². The molecule has 1 amide bonds. The molecular formula is C21H39NO2. The molecule has 3 nitrogen and oxygen atoms in total. The topological polar surface area (TPSA) is 29.5 Å². The molecule has 0 spiro atoms. The molecule has 1 aliphatic rings. The van der Waals surface area contributed by atoms with Gasteiger partial charge in [0.1, 0.15) is 6.73 Å². The second-order valence-electron chi connectivity index (χ2n) is 7.03. The van der Waals surface area contributed by atoms with Crippen molar-refractivity contribution < 1.29 is 9.53 Å². The summed E-state index contributed by atoms with van der Waals surface area (Å²) < 4.78 is 5.21. The van der Waals surface area contributed by atoms with E-state index in [1.54, 1.807) is 0 Å². The zero-order chi connectivity index (χ0) is 17.3. The lowest BCUT2D eigenvalue weighted by atomic mass is 10.1. The number of amides is 1. The second-order valence-corrected chi connectivity index (χ2v) is 7.03. The van der Waals surface area contributed by atoms with Gasteiger partial charge < -0.3 is 9.64 Å². The lowest BCUT2D eigenvalue weighted by Crippen LogP contribution is -2.27. The highest BCUT2D eigenvalue weighted by Crippen LogP contribution is 2.11. The number of ether oxygens (including phenoxy) is 1. The summed E-state index contributed by atoms with van der Waals surface area (Å²) in [5.74, 6) is 0.269. The number of rotatable bonds is 15. The van der Waals surface area contributed by atoms with Gasteiger partial charge in [-0.25, -0.2) is 0 Å². The number of hydrogen-bond donors (Lipinski definition) is 0. The lowest BCUT2D eigenvalue weighted by molar-refractivity contribution is -0.131. The van der Waals surface area contributed by atoms with Crippen molar-refractivity contribution >= 4 is 5.91 Å². The van der Waals surface area contributed by atoms with E-state index in [0.717, 1.165) is 13.0 Å². The molecule has 1 fully saturated rings. The molecule has 3 heteroatoms. The van der Waals surface area contributed by atoms with Crippen LogP contribution in [-0.4, -0.2) is 30.7 Å². The first-order valence-electron chi connectivity index (χ1n) is 10.3. The molecule has 0 N–H and O–H groups in total. The third-order valence-corrected chi connectivity index (χ3v) is 4.76. The van der Waals surface area contributed by atoms with Crippen LogP contribution in [0.3, 0.4) is 0 Å². The van der Waals surface area contributed by atoms with E-state index in [1.807, 2.05) is 4.90 Å². The van der Waals surface area contributed by atoms with Crippen LogP contribution < -0.4 is 0 Å². The Labute approximate surface area is 149 Å². The largest absolute Gasteiger partial charge is 0.359 e. The molecule has 0 radical (unpaired) electrons. The minimum atomic E-state index is 0.269. The van der Waals surface area contributed by atoms with Crippen LogP contribution in [-0.2, 0) is 9.53 Å². The predicted octanol–water partition coefficient (Wildman–Crippen LogP) is 5.84. The first-order valence-corrected chi connectivity index (χ1v) is 10.3. The summed E-state index contributed by atoms with van der Waals surface area (Å²) in [7, 11) is 0. The van der Waals surface area contributed by atoms with Crippen LogP contribution in [0, 0.1) is 0 Å². The predicted molar refractivity (Wildman–Crippen MR) is 102 cm³/mol. The molecule has 0 unspecified atom stereocenters. The van der Waals surface area contributed by atoms with Crippen molar-refractivity contribution in [2.45, 2.75) is 96.8 Å². The van der Waals surface area contributed by atoms with E-state index in [2.05, 4.69) is 19.1 Å². The molecule has 1 aliphatic heterocycles. The molecule has 1 saturated heterocycles. The SMILES string of the molecule is CCCCCCCCC=CCCCCCCCC(=O)N1CCOC1. The van der Waals surface area contributed by atoms with E-state index < -0.39 is 0 Å². The Bertz CT molecular complexity index is 322. The van der Waals surface area contributed by atoms with Gasteiger partial charge in [0.15, 0.2) is 0 Å². The minimum Gasteiger partial charge on any atom is -0.359 e. The maximum atomic E-state index is 11.8. The molecule has 1 rings (SSSR count). The van der Waals surface area contributed by atoms with Gasteiger partial charge >= 0.3 is 0 Å². The van der Waals surface area contributed by atoms with Gasteiger partial charge in [-0.3, -0.25) is 4.79 Å². The maximum absolute atomic E-state index is 11.8. The van der Waals surface area contributed by atoms with Gasteiger partial charge in [-0.05, 0) is 32.1 Å². The first kappa shape index (κ1) is 21.2. The van der Waals surface area contributed by atoms with Gasteiger partial charge in [0.25, 0.3) is 0 Å². The summed E-state index contributed by atoms with van der Waals surface area (Å²) in [5.41, 5.74) is 0. The number of carbonyl (C=O) groups excluding carboxylic acids is 1. The van der Waals surface area contributed by atoms with E-state index in [4.69, 9.17) is 4.74 Å². The van der Waals surface area contributed by atoms with Crippen LogP contribution in [0.2, 0.25) is 0 Å². The highest BCUT2D eigenvalue weighted by molar-refractivity contribution is 5.76. The highest BCUT2D eigenvalue weighted by atomic mass is 16.5. The lowest BCUT2D eigenvalue weighted by Gasteiger charge is -2.12. The van der Waals surface area contributed by atoms with E-state index in [1.165, 1.54) is 77.0 Å². The van der Waals surface area contributed by atoms with Gasteiger partial charge in [-0.1, -0.05) is 70.4 Å². The zero-order valence-corrected chi connectivity index (χ0v) is 15.9. The number of nitrogens with zero attached hydrogens (tertiary/aromatic N) is 1. The van der Waals surface area contributed by atoms with Crippen LogP contribution in [0.1, 0.15) is 96.8 Å². The van der Waals surface area contributed by atoms with Crippen molar-refractivity contribution in [3.63, 3.8) is 0 Å². The summed E-state index contributed by atoms with van der Waals surface area (Å²) in [4.78, 5) is 13.6. The number of unbranched alkanes of at least 4 members (excludes halogenated alkanes) is 11. The van der Waals surface area contributed by atoms with Crippen molar-refractivity contribution in [1.29, 1.82) is 0 Å². The Balaban J connectivity index is 1.77. The molecular weight excluding hydrogens is 298 g/mol. The summed E-state index contributed by atoms with van der Waals surface area (Å²) in [6.45, 7) is 4.26. The standard InChI is InChI=1S/C21H39NO2/c1-2-3-4-5-6-7-8-9-10-11-12-13-14-15-16-17-21(23)22-18-19-24-20-22/h9-10H,2-8,11-20H2,1H3. The van der Waals surface area contributed by atoms with Gasteiger partial charge in [0.05, 0.1) is 6.61 Å². The third kappa shape index (κ3) is 11.7. The van der Waals surface area contributed by atoms with Gasteiger partial charge in [-0.2, -0.15) is 0 Å². The molecule has 140 valence electrons. The van der Waals surface area contributed by atoms with Crippen LogP contribution >= 0.6 is 0 Å². The Morgan fingerprint density at radius 1 is 0.875 bits per heavy atom. The van der Waals surface area contributed by atoms with E-state index in [-0.39, 0.29) is 5.91 Å². The van der Waals surface area contributed by atoms with Crippen LogP contribution in [0.25, 0.3) is 0 Å². The monoisotopic (exact) mass is 337 g/mol. The van der Waals surface area contributed by atoms with Crippen molar-refractivity contribution in [2.75, 3.05) is 19.9 Å². The number of hydrogen-bond acceptors (Lipinski definition) is 2. The number of carbonyl (C=O) groups is 1. The van der Waals surface area contributed by atoms with Crippen LogP contribution in [0.5, 0.6) is 0 Å². The van der Waals surface area contributed by atoms with E-state index >= 15 is 0 Å². The quantitative estimate of drug-likeness (QED) is 0.277. The molecule has 24 heavy (non-hydrogen) atoms. The molecule has 0 aromatic heterocycles. The summed E-state index contributed by atoms with van der Waals surface area (Å²) in [5, 5.41) is 0. The molecule has 1 heterocycles. The molecule has 0 bridgehead atoms. The summed E-state index contributed by atoms with van der Waals surface area (Å²) >= 11 is 0. The molecule has 0 atom stereocenters. The van der Waals surface area contributed by atoms with Crippen molar-refractivity contribution in [1.82, 2.24) is 4.90 Å². The van der Waals surface area contributed by atoms with E-state index in [0.29, 0.717) is 19.8 Å². The fraction of sp³-hybridized carbons (Fsp3) is 0.857. The molecule has 0 aromatic rings. The third-order valence-electron chi connectivity index (χ3n) is 4.76. The minimum absolute atomic E-state index is 0.269. The Morgan fingerprint density at radius 2 is 1.46 bits per heavy atom. The first-order chi connectivity index (χ1) is 11.8. The van der Waals surface area contributed by atoms with Crippen LogP contribution in [0.4, 0.5) is 0 Å². The van der Waals surface area contributed by atoms with Gasteiger partial charge in [0, 0.05) is 13.0 Å². The smallest absolute Gasteiger partial charge is 0.224 e. The van der Waals surface area contributed by atoms with Gasteiger partial charge in [-0.15, -0.1) is 0 Å². The van der Waals surface area contributed by atoms with Crippen molar-refractivity contribution in [3.05, 3.63) is 12.2 Å². The Morgan fingerprint density at radius 3 is 2.04 bits per heavy atom. The number of allylic oxidation sites excluding steroid dienone is 2. The van der Waals surface area contributed by atoms with Crippen LogP contribution in [0.15, 0.2) is 12.2 Å². The zero-order valence-electron chi connectivity index (χ0n) is 15.9. The van der Waals surface area contributed by atoms with Gasteiger partial charge in [0.2, 0.25) is 5.91 Å². The Hall–Kier alpha value is -0.830. The molecule has 0 aliphatic carbocycles.